The Kier molecular flexibility index (Phi) is 13.1. The molecule has 1 heterocycles. The van der Waals surface area contributed by atoms with Gasteiger partial charge in [-0.1, -0.05) is 42.5 Å². The van der Waals surface area contributed by atoms with E-state index < -0.39 is 68.1 Å². The van der Waals surface area contributed by atoms with E-state index in [1.807, 2.05) is 0 Å². The molecule has 1 saturated carbocycles. The maximum Gasteiger partial charge on any atom is 0.419 e. The van der Waals surface area contributed by atoms with E-state index in [0.717, 1.165) is 36.7 Å². The summed E-state index contributed by atoms with van der Waals surface area (Å²) in [5.41, 5.74) is 0.0530. The molecular formula is C38H54N4O8S. The minimum Gasteiger partial charge on any atom is -0.443 e. The third-order valence-corrected chi connectivity index (χ3v) is 11.7. The van der Waals surface area contributed by atoms with Crippen LogP contribution in [0.25, 0.3) is 6.08 Å². The summed E-state index contributed by atoms with van der Waals surface area (Å²) in [6.07, 6.45) is 9.74. The Labute approximate surface area is 301 Å². The van der Waals surface area contributed by atoms with Gasteiger partial charge < -0.3 is 25.6 Å². The van der Waals surface area contributed by atoms with Gasteiger partial charge in [-0.05, 0) is 104 Å². The number of ether oxygens (including phenoxy) is 1. The predicted octanol–water partition coefficient (Wildman–Crippen LogP) is 4.35. The molecule has 0 radical (unpaired) electrons. The quantitative estimate of drug-likeness (QED) is 0.163. The van der Waals surface area contributed by atoms with E-state index in [9.17, 15) is 33.0 Å². The number of carbonyl (C=O) groups excluding carboxylic acids is 3. The van der Waals surface area contributed by atoms with Gasteiger partial charge in [-0.15, -0.1) is 0 Å². The number of aliphatic hydroxyl groups is 2. The molecule has 0 unspecified atom stereocenters. The van der Waals surface area contributed by atoms with Crippen LogP contribution in [-0.2, 0) is 30.6 Å². The van der Waals surface area contributed by atoms with Gasteiger partial charge in [-0.3, -0.25) is 9.59 Å². The minimum absolute atomic E-state index is 0.0478. The Hall–Kier alpha value is -3.81. The molecule has 12 nitrogen and oxygen atoms in total. The summed E-state index contributed by atoms with van der Waals surface area (Å²) in [4.78, 5) is 45.3. The maximum atomic E-state index is 14.2. The van der Waals surface area contributed by atoms with Crippen molar-refractivity contribution < 1.29 is 37.8 Å². The van der Waals surface area contributed by atoms with Crippen molar-refractivity contribution in [2.75, 3.05) is 5.75 Å². The van der Waals surface area contributed by atoms with Crippen molar-refractivity contribution in [3.05, 3.63) is 71.8 Å². The molecule has 4 N–H and O–H groups in total. The van der Waals surface area contributed by atoms with Crippen molar-refractivity contribution in [2.45, 2.75) is 121 Å². The van der Waals surface area contributed by atoms with E-state index in [0.29, 0.717) is 12.0 Å². The fourth-order valence-electron chi connectivity index (χ4n) is 5.85. The summed E-state index contributed by atoms with van der Waals surface area (Å²) in [5.74, 6) is -1.88. The first kappa shape index (κ1) is 40.0. The lowest BCUT2D eigenvalue weighted by Gasteiger charge is -2.32. The number of sulfone groups is 1. The second-order valence-electron chi connectivity index (χ2n) is 15.8. The molecule has 0 saturated heterocycles. The van der Waals surface area contributed by atoms with Crippen LogP contribution in [0.15, 0.2) is 60.6 Å². The van der Waals surface area contributed by atoms with Gasteiger partial charge in [0.15, 0.2) is 9.84 Å². The molecule has 0 bridgehead atoms. The molecular weight excluding hydrogens is 673 g/mol. The van der Waals surface area contributed by atoms with Crippen LogP contribution in [0.5, 0.6) is 0 Å². The van der Waals surface area contributed by atoms with E-state index in [1.165, 1.54) is 18.6 Å². The Morgan fingerprint density at radius 1 is 1.02 bits per heavy atom. The number of carbonyl (C=O) groups is 3. The fourth-order valence-corrected chi connectivity index (χ4v) is 6.91. The summed E-state index contributed by atoms with van der Waals surface area (Å²) < 4.78 is 32.1. The molecule has 5 atom stereocenters. The van der Waals surface area contributed by atoms with E-state index in [2.05, 4.69) is 27.8 Å². The number of imidazole rings is 1. The van der Waals surface area contributed by atoms with Crippen molar-refractivity contribution in [1.82, 2.24) is 20.2 Å². The SMILES string of the molecule is CC(C)(C)OC(=O)n1cnc(C[C@H](NC(=O)C(=Cc2ccccc2)CS(=O)(=O)C(C)(C)C)C(=O)N[C@@H](C[C@@H]2CC=CCC2)[C@@H](O)[C@@H](O)C2CC2)c1. The Balaban J connectivity index is 1.66. The number of aliphatic hydroxyl groups excluding tert-OH is 2. The molecule has 4 rings (SSSR count). The highest BCUT2D eigenvalue weighted by molar-refractivity contribution is 7.92. The lowest BCUT2D eigenvalue weighted by atomic mass is 9.85. The van der Waals surface area contributed by atoms with Crippen molar-refractivity contribution in [1.29, 1.82) is 0 Å². The highest BCUT2D eigenvalue weighted by Crippen LogP contribution is 2.36. The summed E-state index contributed by atoms with van der Waals surface area (Å²) in [7, 11) is -3.82. The third kappa shape index (κ3) is 11.9. The van der Waals surface area contributed by atoms with Gasteiger partial charge in [0.1, 0.15) is 24.1 Å². The standard InChI is InChI=1S/C38H54N4O8S/c1-37(2,3)50-36(47)42-22-29(39-24-42)21-31(35(46)40-30(20-26-15-11-8-12-16-26)33(44)32(43)27-17-18-27)41-34(45)28(19-25-13-9-7-10-14-25)23-51(48,49)38(4,5)6/h7-11,13-14,19,22,24,26-27,30-33,43-44H,12,15-18,20-21,23H2,1-6H3,(H,40,46)(H,41,45)/t26-,30+,31+,32+,33-/m1/s1. The molecule has 51 heavy (non-hydrogen) atoms. The molecule has 0 spiro atoms. The smallest absolute Gasteiger partial charge is 0.419 e. The zero-order valence-corrected chi connectivity index (χ0v) is 31.4. The summed E-state index contributed by atoms with van der Waals surface area (Å²) in [5, 5.41) is 27.9. The van der Waals surface area contributed by atoms with Crippen LogP contribution in [-0.4, -0.2) is 86.5 Å². The first-order chi connectivity index (χ1) is 23.8. The lowest BCUT2D eigenvalue weighted by Crippen LogP contribution is -2.56. The summed E-state index contributed by atoms with van der Waals surface area (Å²) >= 11 is 0. The Morgan fingerprint density at radius 3 is 2.29 bits per heavy atom. The zero-order chi connectivity index (χ0) is 37.6. The molecule has 280 valence electrons. The van der Waals surface area contributed by atoms with Crippen molar-refractivity contribution in [3.63, 3.8) is 0 Å². The molecule has 0 aliphatic heterocycles. The van der Waals surface area contributed by atoms with Gasteiger partial charge in [0.25, 0.3) is 0 Å². The Bertz CT molecular complexity index is 1680. The average Bonchev–Trinajstić information content (AvgIpc) is 3.80. The topological polar surface area (TPSA) is 177 Å². The first-order valence-corrected chi connectivity index (χ1v) is 19.3. The molecule has 2 amide bonds. The maximum absolute atomic E-state index is 14.2. The number of aromatic nitrogens is 2. The Morgan fingerprint density at radius 2 is 1.71 bits per heavy atom. The first-order valence-electron chi connectivity index (χ1n) is 17.7. The van der Waals surface area contributed by atoms with Crippen LogP contribution < -0.4 is 10.6 Å². The molecule has 1 fully saturated rings. The lowest BCUT2D eigenvalue weighted by molar-refractivity contribution is -0.129. The second kappa shape index (κ2) is 16.7. The summed E-state index contributed by atoms with van der Waals surface area (Å²) in [6.45, 7) is 9.86. The second-order valence-corrected chi connectivity index (χ2v) is 18.5. The van der Waals surface area contributed by atoms with E-state index in [1.54, 1.807) is 71.9 Å². The van der Waals surface area contributed by atoms with E-state index in [-0.39, 0.29) is 29.5 Å². The molecule has 1 aromatic carbocycles. The number of allylic oxidation sites excluding steroid dienone is 2. The van der Waals surface area contributed by atoms with Crippen molar-refractivity contribution in [2.24, 2.45) is 11.8 Å². The van der Waals surface area contributed by atoms with Crippen LogP contribution in [0.1, 0.15) is 91.3 Å². The summed E-state index contributed by atoms with van der Waals surface area (Å²) in [6, 6.07) is 6.69. The monoisotopic (exact) mass is 726 g/mol. The minimum atomic E-state index is -3.82. The molecule has 13 heteroatoms. The average molecular weight is 727 g/mol. The number of nitrogens with zero attached hydrogens (tertiary/aromatic N) is 2. The predicted molar refractivity (Wildman–Crippen MR) is 195 cm³/mol. The van der Waals surface area contributed by atoms with Gasteiger partial charge in [0.05, 0.1) is 28.3 Å². The van der Waals surface area contributed by atoms with Crippen molar-refractivity contribution in [3.8, 4) is 0 Å². The normalized spacial score (nSPS) is 19.5. The number of hydrogen-bond donors (Lipinski definition) is 4. The number of nitrogens with one attached hydrogen (secondary N) is 2. The van der Waals surface area contributed by atoms with Gasteiger partial charge in [0.2, 0.25) is 11.8 Å². The van der Waals surface area contributed by atoms with Gasteiger partial charge in [-0.25, -0.2) is 22.8 Å². The number of rotatable bonds is 14. The van der Waals surface area contributed by atoms with Crippen LogP contribution in [0.4, 0.5) is 4.79 Å². The third-order valence-electron chi connectivity index (χ3n) is 9.15. The van der Waals surface area contributed by atoms with E-state index >= 15 is 0 Å². The molecule has 1 aromatic heterocycles. The zero-order valence-electron chi connectivity index (χ0n) is 30.5. The highest BCUT2D eigenvalue weighted by Gasteiger charge is 2.40. The van der Waals surface area contributed by atoms with Gasteiger partial charge >= 0.3 is 6.09 Å². The fraction of sp³-hybridized carbons (Fsp3) is 0.579. The molecule has 2 aliphatic rings. The molecule has 2 aromatic rings. The van der Waals surface area contributed by atoms with Crippen LogP contribution in [0.2, 0.25) is 0 Å². The van der Waals surface area contributed by atoms with Crippen LogP contribution in [0.3, 0.4) is 0 Å². The van der Waals surface area contributed by atoms with Crippen molar-refractivity contribution >= 4 is 33.8 Å². The highest BCUT2D eigenvalue weighted by atomic mass is 32.2. The molecule has 2 aliphatic carbocycles. The number of amides is 2. The number of benzene rings is 1. The van der Waals surface area contributed by atoms with Gasteiger partial charge in [0, 0.05) is 18.2 Å². The number of hydrogen-bond acceptors (Lipinski definition) is 9. The van der Waals surface area contributed by atoms with Crippen LogP contribution >= 0.6 is 0 Å². The van der Waals surface area contributed by atoms with Crippen LogP contribution in [0, 0.1) is 11.8 Å². The largest absolute Gasteiger partial charge is 0.443 e. The van der Waals surface area contributed by atoms with Gasteiger partial charge in [-0.2, -0.15) is 0 Å². The van der Waals surface area contributed by atoms with E-state index in [4.69, 9.17) is 4.74 Å².